The van der Waals surface area contributed by atoms with E-state index in [2.05, 4.69) is 10.3 Å². The first-order chi connectivity index (χ1) is 10.1. The maximum absolute atomic E-state index is 11.4. The number of hydrogen-bond donors (Lipinski definition) is 2. The maximum atomic E-state index is 11.4. The zero-order valence-electron chi connectivity index (χ0n) is 11.4. The molecule has 0 aliphatic rings. The number of carboxylic acids is 1. The minimum absolute atomic E-state index is 0.145. The molecule has 3 rings (SSSR count). The van der Waals surface area contributed by atoms with Gasteiger partial charge in [-0.2, -0.15) is 0 Å². The molecule has 3 aromatic rings. The van der Waals surface area contributed by atoms with Gasteiger partial charge in [0.1, 0.15) is 17.1 Å². The van der Waals surface area contributed by atoms with Crippen molar-refractivity contribution in [2.45, 2.75) is 13.0 Å². The van der Waals surface area contributed by atoms with E-state index in [0.717, 1.165) is 16.7 Å². The largest absolute Gasteiger partial charge is 0.478 e. The summed E-state index contributed by atoms with van der Waals surface area (Å²) in [6.45, 7) is 1.89. The average Bonchev–Trinajstić information content (AvgIpc) is 3.00. The SMILES string of the molecule is CC(Nc1nc2ccccc2cc1C(=O)O)c1ccco1. The molecule has 0 fully saturated rings. The number of nitrogens with zero attached hydrogens (tertiary/aromatic N) is 1. The maximum Gasteiger partial charge on any atom is 0.339 e. The first-order valence-corrected chi connectivity index (χ1v) is 6.58. The molecule has 1 atom stereocenters. The van der Waals surface area contributed by atoms with Crippen LogP contribution in [0.15, 0.2) is 53.1 Å². The van der Waals surface area contributed by atoms with Crippen LogP contribution in [-0.4, -0.2) is 16.1 Å². The lowest BCUT2D eigenvalue weighted by atomic mass is 10.1. The second-order valence-electron chi connectivity index (χ2n) is 4.76. The van der Waals surface area contributed by atoms with Crippen LogP contribution in [0.4, 0.5) is 5.82 Å². The number of carboxylic acid groups (broad SMARTS) is 1. The van der Waals surface area contributed by atoms with E-state index in [0.29, 0.717) is 5.82 Å². The number of anilines is 1. The van der Waals surface area contributed by atoms with E-state index in [-0.39, 0.29) is 11.6 Å². The van der Waals surface area contributed by atoms with Crippen LogP contribution in [-0.2, 0) is 0 Å². The summed E-state index contributed by atoms with van der Waals surface area (Å²) in [5, 5.41) is 13.3. The van der Waals surface area contributed by atoms with Gasteiger partial charge in [-0.1, -0.05) is 18.2 Å². The number of pyridine rings is 1. The fourth-order valence-electron chi connectivity index (χ4n) is 2.20. The number of carbonyl (C=O) groups is 1. The first kappa shape index (κ1) is 13.2. The van der Waals surface area contributed by atoms with Crippen molar-refractivity contribution in [1.29, 1.82) is 0 Å². The van der Waals surface area contributed by atoms with Gasteiger partial charge in [0.15, 0.2) is 0 Å². The third-order valence-corrected chi connectivity index (χ3v) is 3.28. The van der Waals surface area contributed by atoms with Gasteiger partial charge in [-0.15, -0.1) is 0 Å². The summed E-state index contributed by atoms with van der Waals surface area (Å²) >= 11 is 0. The van der Waals surface area contributed by atoms with Crippen molar-refractivity contribution in [3.05, 3.63) is 60.1 Å². The van der Waals surface area contributed by atoms with Crippen LogP contribution in [0.2, 0.25) is 0 Å². The molecule has 5 heteroatoms. The number of aromatic carboxylic acids is 1. The molecule has 2 heterocycles. The zero-order chi connectivity index (χ0) is 14.8. The Morgan fingerprint density at radius 1 is 1.29 bits per heavy atom. The van der Waals surface area contributed by atoms with Gasteiger partial charge in [-0.05, 0) is 31.2 Å². The van der Waals surface area contributed by atoms with Crippen molar-refractivity contribution in [3.63, 3.8) is 0 Å². The Labute approximate surface area is 121 Å². The zero-order valence-corrected chi connectivity index (χ0v) is 11.4. The molecule has 5 nitrogen and oxygen atoms in total. The van der Waals surface area contributed by atoms with E-state index < -0.39 is 5.97 Å². The molecule has 1 unspecified atom stereocenters. The molecule has 0 bridgehead atoms. The van der Waals surface area contributed by atoms with Crippen molar-refractivity contribution in [3.8, 4) is 0 Å². The smallest absolute Gasteiger partial charge is 0.339 e. The molecule has 0 aliphatic heterocycles. The summed E-state index contributed by atoms with van der Waals surface area (Å²) in [4.78, 5) is 15.8. The van der Waals surface area contributed by atoms with E-state index >= 15 is 0 Å². The highest BCUT2D eigenvalue weighted by Gasteiger charge is 2.16. The lowest BCUT2D eigenvalue weighted by molar-refractivity contribution is 0.0697. The Kier molecular flexibility index (Phi) is 3.31. The van der Waals surface area contributed by atoms with Crippen LogP contribution >= 0.6 is 0 Å². The number of para-hydroxylation sites is 1. The fourth-order valence-corrected chi connectivity index (χ4v) is 2.20. The molecule has 2 N–H and O–H groups in total. The lowest BCUT2D eigenvalue weighted by Crippen LogP contribution is -2.12. The van der Waals surface area contributed by atoms with Crippen LogP contribution in [0.25, 0.3) is 10.9 Å². The van der Waals surface area contributed by atoms with Gasteiger partial charge < -0.3 is 14.8 Å². The van der Waals surface area contributed by atoms with Crippen LogP contribution in [0.5, 0.6) is 0 Å². The van der Waals surface area contributed by atoms with Crippen molar-refractivity contribution >= 4 is 22.7 Å². The third-order valence-electron chi connectivity index (χ3n) is 3.28. The molecule has 0 saturated carbocycles. The van der Waals surface area contributed by atoms with Crippen LogP contribution in [0.1, 0.15) is 29.1 Å². The molecule has 0 amide bonds. The monoisotopic (exact) mass is 282 g/mol. The highest BCUT2D eigenvalue weighted by Crippen LogP contribution is 2.24. The molecular weight excluding hydrogens is 268 g/mol. The van der Waals surface area contributed by atoms with Crippen LogP contribution in [0.3, 0.4) is 0 Å². The van der Waals surface area contributed by atoms with Crippen molar-refractivity contribution in [2.75, 3.05) is 5.32 Å². The van der Waals surface area contributed by atoms with Gasteiger partial charge in [0.05, 0.1) is 17.8 Å². The summed E-state index contributed by atoms with van der Waals surface area (Å²) in [6, 6.07) is 12.5. The molecule has 0 radical (unpaired) electrons. The molecule has 2 aromatic heterocycles. The molecule has 1 aromatic carbocycles. The van der Waals surface area contributed by atoms with Crippen LogP contribution < -0.4 is 5.32 Å². The predicted molar refractivity (Wildman–Crippen MR) is 79.4 cm³/mol. The first-order valence-electron chi connectivity index (χ1n) is 6.58. The molecule has 21 heavy (non-hydrogen) atoms. The molecule has 0 saturated heterocycles. The van der Waals surface area contributed by atoms with Crippen molar-refractivity contribution in [2.24, 2.45) is 0 Å². The van der Waals surface area contributed by atoms with Gasteiger partial charge in [0.2, 0.25) is 0 Å². The standard InChI is InChI=1S/C16H14N2O3/c1-10(14-7-4-8-21-14)17-15-12(16(19)20)9-11-5-2-3-6-13(11)18-15/h2-10H,1H3,(H,17,18)(H,19,20). The second-order valence-corrected chi connectivity index (χ2v) is 4.76. The predicted octanol–water partition coefficient (Wildman–Crippen LogP) is 3.70. The minimum atomic E-state index is -1.01. The number of rotatable bonds is 4. The lowest BCUT2D eigenvalue weighted by Gasteiger charge is -2.14. The number of furan rings is 1. The molecule has 0 aliphatic carbocycles. The highest BCUT2D eigenvalue weighted by atomic mass is 16.4. The second kappa shape index (κ2) is 5.28. The summed E-state index contributed by atoms with van der Waals surface area (Å²) in [7, 11) is 0. The van der Waals surface area contributed by atoms with E-state index in [1.165, 1.54) is 0 Å². The summed E-state index contributed by atoms with van der Waals surface area (Å²) < 4.78 is 5.32. The number of hydrogen-bond acceptors (Lipinski definition) is 4. The molecular formula is C16H14N2O3. The minimum Gasteiger partial charge on any atom is -0.478 e. The Morgan fingerprint density at radius 3 is 2.81 bits per heavy atom. The van der Waals surface area contributed by atoms with Gasteiger partial charge >= 0.3 is 5.97 Å². The Balaban J connectivity index is 2.03. The van der Waals surface area contributed by atoms with E-state index in [1.807, 2.05) is 37.3 Å². The topological polar surface area (TPSA) is 75.4 Å². The van der Waals surface area contributed by atoms with Gasteiger partial charge in [0, 0.05) is 5.39 Å². The van der Waals surface area contributed by atoms with Gasteiger partial charge in [-0.25, -0.2) is 9.78 Å². The number of fused-ring (bicyclic) bond motifs is 1. The van der Waals surface area contributed by atoms with Gasteiger partial charge in [0.25, 0.3) is 0 Å². The summed E-state index contributed by atoms with van der Waals surface area (Å²) in [5.74, 6) is 0.0498. The molecule has 106 valence electrons. The molecule has 0 spiro atoms. The highest BCUT2D eigenvalue weighted by molar-refractivity contribution is 5.98. The summed E-state index contributed by atoms with van der Waals surface area (Å²) in [6.07, 6.45) is 1.58. The van der Waals surface area contributed by atoms with E-state index in [4.69, 9.17) is 4.42 Å². The number of nitrogens with one attached hydrogen (secondary N) is 1. The normalized spacial score (nSPS) is 12.2. The van der Waals surface area contributed by atoms with Crippen LogP contribution in [0, 0.1) is 0 Å². The quantitative estimate of drug-likeness (QED) is 0.763. The Hall–Kier alpha value is -2.82. The number of benzene rings is 1. The fraction of sp³-hybridized carbons (Fsp3) is 0.125. The Bertz CT molecular complexity index is 781. The third kappa shape index (κ3) is 2.58. The average molecular weight is 282 g/mol. The Morgan fingerprint density at radius 2 is 2.10 bits per heavy atom. The number of aromatic nitrogens is 1. The van der Waals surface area contributed by atoms with E-state index in [9.17, 15) is 9.90 Å². The van der Waals surface area contributed by atoms with Crippen molar-refractivity contribution < 1.29 is 14.3 Å². The van der Waals surface area contributed by atoms with Crippen molar-refractivity contribution in [1.82, 2.24) is 4.98 Å². The van der Waals surface area contributed by atoms with E-state index in [1.54, 1.807) is 18.4 Å². The van der Waals surface area contributed by atoms with Gasteiger partial charge in [-0.3, -0.25) is 0 Å². The summed E-state index contributed by atoms with van der Waals surface area (Å²) in [5.41, 5.74) is 0.892.